The first-order valence-corrected chi connectivity index (χ1v) is 8.13. The molecule has 2 atom stereocenters. The fourth-order valence-electron chi connectivity index (χ4n) is 2.73. The molecule has 20 heavy (non-hydrogen) atoms. The highest BCUT2D eigenvalue weighted by Gasteiger charge is 2.40. The van der Waals surface area contributed by atoms with Crippen molar-refractivity contribution in [1.82, 2.24) is 0 Å². The van der Waals surface area contributed by atoms with Crippen LogP contribution in [0.2, 0.25) is 0 Å². The second-order valence-corrected chi connectivity index (χ2v) is 6.04. The standard InChI is InChI=1S/C19H28O/c1-4-5-6-7-8-9-10-18-19(20-18)16(3)17-13-11-15(2)12-14-17/h11-14,18-19H,3-10H2,1-2H3/t18-,19-/m0/s1. The summed E-state index contributed by atoms with van der Waals surface area (Å²) in [5, 5.41) is 0. The van der Waals surface area contributed by atoms with Gasteiger partial charge in [0.25, 0.3) is 0 Å². The Bertz CT molecular complexity index is 418. The molecule has 1 fully saturated rings. The molecular formula is C19H28O. The Morgan fingerprint density at radius 1 is 1.05 bits per heavy atom. The molecule has 0 amide bonds. The van der Waals surface area contributed by atoms with Crippen molar-refractivity contribution >= 4 is 5.57 Å². The highest BCUT2D eigenvalue weighted by Crippen LogP contribution is 2.37. The quantitative estimate of drug-likeness (QED) is 0.425. The van der Waals surface area contributed by atoms with Crippen molar-refractivity contribution in [2.45, 2.75) is 71.0 Å². The molecule has 1 aliphatic heterocycles. The van der Waals surface area contributed by atoms with E-state index in [-0.39, 0.29) is 6.10 Å². The number of unbranched alkanes of at least 4 members (excludes halogenated alkanes) is 5. The molecule has 2 rings (SSSR count). The molecule has 0 unspecified atom stereocenters. The van der Waals surface area contributed by atoms with Gasteiger partial charge in [-0.05, 0) is 24.5 Å². The Hall–Kier alpha value is -1.08. The minimum absolute atomic E-state index is 0.272. The predicted octanol–water partition coefficient (Wildman–Crippen LogP) is 5.53. The average Bonchev–Trinajstić information content (AvgIpc) is 3.22. The van der Waals surface area contributed by atoms with Crippen LogP contribution in [0.1, 0.15) is 63.0 Å². The van der Waals surface area contributed by atoms with Crippen LogP contribution in [0.15, 0.2) is 30.8 Å². The van der Waals surface area contributed by atoms with E-state index in [4.69, 9.17) is 4.74 Å². The zero-order valence-electron chi connectivity index (χ0n) is 13.0. The lowest BCUT2D eigenvalue weighted by Crippen LogP contribution is -1.97. The largest absolute Gasteiger partial charge is 0.365 e. The van der Waals surface area contributed by atoms with E-state index >= 15 is 0 Å². The first-order valence-electron chi connectivity index (χ1n) is 8.13. The van der Waals surface area contributed by atoms with E-state index in [0.29, 0.717) is 6.10 Å². The summed E-state index contributed by atoms with van der Waals surface area (Å²) in [6.45, 7) is 8.59. The van der Waals surface area contributed by atoms with Gasteiger partial charge in [-0.3, -0.25) is 0 Å². The van der Waals surface area contributed by atoms with Crippen LogP contribution in [-0.2, 0) is 4.74 Å². The summed E-state index contributed by atoms with van der Waals surface area (Å²) in [6, 6.07) is 8.60. The normalized spacial score (nSPS) is 20.9. The van der Waals surface area contributed by atoms with Crippen molar-refractivity contribution in [2.75, 3.05) is 0 Å². The maximum absolute atomic E-state index is 5.79. The summed E-state index contributed by atoms with van der Waals surface area (Å²) in [4.78, 5) is 0. The number of aryl methyl sites for hydroxylation is 1. The van der Waals surface area contributed by atoms with Gasteiger partial charge in [-0.1, -0.05) is 81.9 Å². The van der Waals surface area contributed by atoms with Crippen LogP contribution in [0.4, 0.5) is 0 Å². The topological polar surface area (TPSA) is 12.5 Å². The van der Waals surface area contributed by atoms with E-state index in [1.807, 2.05) is 0 Å². The zero-order valence-corrected chi connectivity index (χ0v) is 13.0. The number of epoxide rings is 1. The van der Waals surface area contributed by atoms with E-state index in [2.05, 4.69) is 44.7 Å². The summed E-state index contributed by atoms with van der Waals surface area (Å²) >= 11 is 0. The molecule has 0 saturated carbocycles. The predicted molar refractivity (Wildman–Crippen MR) is 86.9 cm³/mol. The van der Waals surface area contributed by atoms with Gasteiger partial charge >= 0.3 is 0 Å². The minimum Gasteiger partial charge on any atom is -0.365 e. The van der Waals surface area contributed by atoms with Crippen LogP contribution in [0.3, 0.4) is 0 Å². The van der Waals surface area contributed by atoms with Crippen LogP contribution in [0.25, 0.3) is 5.57 Å². The third kappa shape index (κ3) is 4.49. The van der Waals surface area contributed by atoms with E-state index < -0.39 is 0 Å². The lowest BCUT2D eigenvalue weighted by molar-refractivity contribution is 0.374. The van der Waals surface area contributed by atoms with Gasteiger partial charge in [0.2, 0.25) is 0 Å². The van der Waals surface area contributed by atoms with Crippen LogP contribution in [0.5, 0.6) is 0 Å². The highest BCUT2D eigenvalue weighted by molar-refractivity contribution is 5.69. The molecule has 0 radical (unpaired) electrons. The number of hydrogen-bond donors (Lipinski definition) is 0. The summed E-state index contributed by atoms with van der Waals surface area (Å²) < 4.78 is 5.79. The Morgan fingerprint density at radius 2 is 1.70 bits per heavy atom. The lowest BCUT2D eigenvalue weighted by atomic mass is 9.99. The molecule has 1 aromatic rings. The van der Waals surface area contributed by atoms with Crippen molar-refractivity contribution in [1.29, 1.82) is 0 Å². The Kier molecular flexibility index (Phi) is 5.85. The molecule has 1 heteroatoms. The second kappa shape index (κ2) is 7.64. The van der Waals surface area contributed by atoms with Gasteiger partial charge in [-0.2, -0.15) is 0 Å². The van der Waals surface area contributed by atoms with Crippen molar-refractivity contribution in [3.63, 3.8) is 0 Å². The number of benzene rings is 1. The fourth-order valence-corrected chi connectivity index (χ4v) is 2.73. The summed E-state index contributed by atoms with van der Waals surface area (Å²) in [6.07, 6.45) is 10.0. The monoisotopic (exact) mass is 272 g/mol. The van der Waals surface area contributed by atoms with Crippen molar-refractivity contribution in [2.24, 2.45) is 0 Å². The Morgan fingerprint density at radius 3 is 2.40 bits per heavy atom. The van der Waals surface area contributed by atoms with Crippen molar-refractivity contribution in [3.8, 4) is 0 Å². The van der Waals surface area contributed by atoms with E-state index in [1.54, 1.807) is 0 Å². The summed E-state index contributed by atoms with van der Waals surface area (Å²) in [5.74, 6) is 0. The van der Waals surface area contributed by atoms with Crippen molar-refractivity contribution < 1.29 is 4.74 Å². The molecule has 110 valence electrons. The van der Waals surface area contributed by atoms with Gasteiger partial charge in [0.1, 0.15) is 6.10 Å². The van der Waals surface area contributed by atoms with Gasteiger partial charge in [0.15, 0.2) is 0 Å². The number of hydrogen-bond acceptors (Lipinski definition) is 1. The van der Waals surface area contributed by atoms with Gasteiger partial charge in [-0.25, -0.2) is 0 Å². The molecule has 0 aromatic heterocycles. The number of ether oxygens (including phenoxy) is 1. The van der Waals surface area contributed by atoms with Crippen LogP contribution >= 0.6 is 0 Å². The van der Waals surface area contributed by atoms with Crippen LogP contribution in [-0.4, -0.2) is 12.2 Å². The SMILES string of the molecule is C=C(c1ccc(C)cc1)[C@@H]1O[C@H]1CCCCCCCC. The molecule has 1 saturated heterocycles. The molecule has 0 aliphatic carbocycles. The highest BCUT2D eigenvalue weighted by atomic mass is 16.6. The first-order chi connectivity index (χ1) is 9.72. The van der Waals surface area contributed by atoms with Gasteiger partial charge in [0.05, 0.1) is 6.10 Å². The number of rotatable bonds is 9. The van der Waals surface area contributed by atoms with Crippen molar-refractivity contribution in [3.05, 3.63) is 42.0 Å². The van der Waals surface area contributed by atoms with E-state index in [0.717, 1.165) is 5.57 Å². The fraction of sp³-hybridized carbons (Fsp3) is 0.579. The molecule has 0 spiro atoms. The minimum atomic E-state index is 0.272. The smallest absolute Gasteiger partial charge is 0.109 e. The average molecular weight is 272 g/mol. The van der Waals surface area contributed by atoms with Gasteiger partial charge in [0, 0.05) is 0 Å². The summed E-state index contributed by atoms with van der Waals surface area (Å²) in [7, 11) is 0. The third-order valence-corrected chi connectivity index (χ3v) is 4.19. The summed E-state index contributed by atoms with van der Waals surface area (Å²) in [5.41, 5.74) is 3.67. The first kappa shape index (κ1) is 15.3. The van der Waals surface area contributed by atoms with Gasteiger partial charge in [-0.15, -0.1) is 0 Å². The molecule has 0 bridgehead atoms. The molecule has 1 aliphatic rings. The Balaban J connectivity index is 1.64. The van der Waals surface area contributed by atoms with E-state index in [1.165, 1.54) is 56.1 Å². The molecule has 1 nitrogen and oxygen atoms in total. The van der Waals surface area contributed by atoms with Crippen LogP contribution in [0, 0.1) is 6.92 Å². The second-order valence-electron chi connectivity index (χ2n) is 6.04. The van der Waals surface area contributed by atoms with E-state index in [9.17, 15) is 0 Å². The maximum Gasteiger partial charge on any atom is 0.109 e. The molecule has 0 N–H and O–H groups in total. The third-order valence-electron chi connectivity index (χ3n) is 4.19. The molecular weight excluding hydrogens is 244 g/mol. The molecule has 1 aromatic carbocycles. The zero-order chi connectivity index (χ0) is 14.4. The van der Waals surface area contributed by atoms with Gasteiger partial charge < -0.3 is 4.74 Å². The molecule has 1 heterocycles. The lowest BCUT2D eigenvalue weighted by Gasteiger charge is -2.03. The Labute approximate surface area is 124 Å². The maximum atomic E-state index is 5.79. The van der Waals surface area contributed by atoms with Crippen LogP contribution < -0.4 is 0 Å².